The molecular formula is C16H23FIN3O. The standard InChI is InChI=1S/C16H22FN3O.HI/c17-16(7-3-8-16)9-10-19-15(18)20-13-6-11-21-14-5-2-1-4-12(13)14;/h1-2,4-5,13H,3,6-11H2,(H3,18,19,20);1H. The Bertz CT molecular complexity index is 534. The van der Waals surface area contributed by atoms with E-state index in [9.17, 15) is 4.39 Å². The Labute approximate surface area is 147 Å². The molecular weight excluding hydrogens is 396 g/mol. The van der Waals surface area contributed by atoms with Crippen LogP contribution in [-0.4, -0.2) is 24.8 Å². The maximum atomic E-state index is 13.9. The van der Waals surface area contributed by atoms with Crippen molar-refractivity contribution in [3.05, 3.63) is 29.8 Å². The summed E-state index contributed by atoms with van der Waals surface area (Å²) in [6, 6.07) is 8.04. The van der Waals surface area contributed by atoms with E-state index in [0.29, 0.717) is 38.4 Å². The zero-order valence-electron chi connectivity index (χ0n) is 12.6. The molecule has 3 rings (SSSR count). The molecule has 1 fully saturated rings. The number of halogens is 2. The van der Waals surface area contributed by atoms with Crippen molar-refractivity contribution in [1.82, 2.24) is 5.32 Å². The third-order valence-corrected chi connectivity index (χ3v) is 4.37. The Morgan fingerprint density at radius 1 is 1.41 bits per heavy atom. The lowest BCUT2D eigenvalue weighted by molar-refractivity contribution is 0.0568. The smallest absolute Gasteiger partial charge is 0.189 e. The van der Waals surface area contributed by atoms with Crippen LogP contribution >= 0.6 is 24.0 Å². The fraction of sp³-hybridized carbons (Fsp3) is 0.562. The van der Waals surface area contributed by atoms with Crippen LogP contribution in [0.5, 0.6) is 5.75 Å². The van der Waals surface area contributed by atoms with Gasteiger partial charge in [-0.1, -0.05) is 18.2 Å². The molecule has 0 spiro atoms. The van der Waals surface area contributed by atoms with Gasteiger partial charge in [-0.25, -0.2) is 4.39 Å². The molecule has 1 aromatic carbocycles. The minimum atomic E-state index is -0.991. The molecule has 0 amide bonds. The number of nitrogens with two attached hydrogens (primary N) is 1. The lowest BCUT2D eigenvalue weighted by atomic mass is 9.80. The first-order chi connectivity index (χ1) is 10.2. The topological polar surface area (TPSA) is 59.6 Å². The lowest BCUT2D eigenvalue weighted by Gasteiger charge is -2.33. The first-order valence-electron chi connectivity index (χ1n) is 7.63. The van der Waals surface area contributed by atoms with Crippen LogP contribution in [0.1, 0.15) is 43.7 Å². The van der Waals surface area contributed by atoms with E-state index in [1.165, 1.54) is 0 Å². The number of hydrogen-bond acceptors (Lipinski definition) is 2. The molecule has 1 aromatic rings. The molecule has 0 radical (unpaired) electrons. The van der Waals surface area contributed by atoms with Gasteiger partial charge in [0, 0.05) is 24.9 Å². The molecule has 1 heterocycles. The molecule has 0 aromatic heterocycles. The van der Waals surface area contributed by atoms with Gasteiger partial charge in [0.25, 0.3) is 0 Å². The number of rotatable bonds is 4. The number of hydrogen-bond donors (Lipinski definition) is 2. The average Bonchev–Trinajstić information content (AvgIpc) is 2.46. The second-order valence-corrected chi connectivity index (χ2v) is 5.89. The predicted octanol–water partition coefficient (Wildman–Crippen LogP) is 3.31. The van der Waals surface area contributed by atoms with E-state index in [2.05, 4.69) is 10.3 Å². The van der Waals surface area contributed by atoms with Crippen LogP contribution in [0.3, 0.4) is 0 Å². The first-order valence-corrected chi connectivity index (χ1v) is 7.63. The molecule has 1 aliphatic carbocycles. The second kappa shape index (κ2) is 7.48. The van der Waals surface area contributed by atoms with E-state index in [0.717, 1.165) is 24.2 Å². The van der Waals surface area contributed by atoms with Crippen LogP contribution in [0.4, 0.5) is 4.39 Å². The van der Waals surface area contributed by atoms with Gasteiger partial charge in [0.1, 0.15) is 11.4 Å². The van der Waals surface area contributed by atoms with Crippen molar-refractivity contribution in [3.8, 4) is 5.75 Å². The number of aliphatic imine (C=N–C) groups is 1. The third-order valence-electron chi connectivity index (χ3n) is 4.37. The van der Waals surface area contributed by atoms with Gasteiger partial charge < -0.3 is 15.8 Å². The van der Waals surface area contributed by atoms with E-state index in [-0.39, 0.29) is 30.0 Å². The zero-order chi connectivity index (χ0) is 14.7. The Hall–Kier alpha value is -1.05. The van der Waals surface area contributed by atoms with E-state index < -0.39 is 5.67 Å². The minimum Gasteiger partial charge on any atom is -0.493 e. The number of guanidine groups is 1. The van der Waals surface area contributed by atoms with Gasteiger partial charge in [-0.05, 0) is 25.3 Å². The number of benzene rings is 1. The quantitative estimate of drug-likeness (QED) is 0.447. The summed E-state index contributed by atoms with van der Waals surface area (Å²) in [6.45, 7) is 1.11. The fourth-order valence-corrected chi connectivity index (χ4v) is 2.90. The molecule has 0 saturated heterocycles. The Balaban J connectivity index is 0.00000176. The van der Waals surface area contributed by atoms with Gasteiger partial charge in [0.15, 0.2) is 5.96 Å². The maximum Gasteiger partial charge on any atom is 0.189 e. The molecule has 6 heteroatoms. The van der Waals surface area contributed by atoms with Crippen molar-refractivity contribution >= 4 is 29.9 Å². The van der Waals surface area contributed by atoms with E-state index in [4.69, 9.17) is 10.5 Å². The van der Waals surface area contributed by atoms with Crippen molar-refractivity contribution in [2.24, 2.45) is 10.7 Å². The van der Waals surface area contributed by atoms with Gasteiger partial charge in [-0.15, -0.1) is 24.0 Å². The Morgan fingerprint density at radius 2 is 2.18 bits per heavy atom. The van der Waals surface area contributed by atoms with Crippen molar-refractivity contribution in [2.45, 2.75) is 43.8 Å². The zero-order valence-corrected chi connectivity index (χ0v) is 14.9. The summed E-state index contributed by atoms with van der Waals surface area (Å²) in [7, 11) is 0. The largest absolute Gasteiger partial charge is 0.493 e. The van der Waals surface area contributed by atoms with Crippen LogP contribution in [-0.2, 0) is 0 Å². The fourth-order valence-electron chi connectivity index (χ4n) is 2.90. The molecule has 2 aliphatic rings. The maximum absolute atomic E-state index is 13.9. The number of nitrogens with one attached hydrogen (secondary N) is 1. The molecule has 122 valence electrons. The molecule has 22 heavy (non-hydrogen) atoms. The first kappa shape index (κ1) is 17.3. The van der Waals surface area contributed by atoms with Crippen molar-refractivity contribution < 1.29 is 9.13 Å². The van der Waals surface area contributed by atoms with E-state index in [1.54, 1.807) is 0 Å². The summed E-state index contributed by atoms with van der Waals surface area (Å²) < 4.78 is 19.5. The van der Waals surface area contributed by atoms with Gasteiger partial charge in [0.05, 0.1) is 12.6 Å². The third kappa shape index (κ3) is 4.02. The SMILES string of the molecule is I.NC(=NCCC1(F)CCC1)NC1CCOc2ccccc21. The van der Waals surface area contributed by atoms with E-state index in [1.807, 2.05) is 24.3 Å². The summed E-state index contributed by atoms with van der Waals surface area (Å²) >= 11 is 0. The highest BCUT2D eigenvalue weighted by atomic mass is 127. The van der Waals surface area contributed by atoms with Crippen LogP contribution in [0, 0.1) is 0 Å². The lowest BCUT2D eigenvalue weighted by Crippen LogP contribution is -2.38. The number of ether oxygens (including phenoxy) is 1. The summed E-state index contributed by atoms with van der Waals surface area (Å²) in [5.41, 5.74) is 6.03. The highest BCUT2D eigenvalue weighted by Gasteiger charge is 2.36. The van der Waals surface area contributed by atoms with E-state index >= 15 is 0 Å². The molecule has 1 aliphatic heterocycles. The summed E-state index contributed by atoms with van der Waals surface area (Å²) in [4.78, 5) is 4.26. The monoisotopic (exact) mass is 419 g/mol. The van der Waals surface area contributed by atoms with Crippen molar-refractivity contribution in [1.29, 1.82) is 0 Å². The van der Waals surface area contributed by atoms with Crippen LogP contribution in [0.25, 0.3) is 0 Å². The van der Waals surface area contributed by atoms with Crippen molar-refractivity contribution in [2.75, 3.05) is 13.2 Å². The number of nitrogens with zero attached hydrogens (tertiary/aromatic N) is 1. The average molecular weight is 419 g/mol. The van der Waals surface area contributed by atoms with Gasteiger partial charge >= 0.3 is 0 Å². The molecule has 4 nitrogen and oxygen atoms in total. The van der Waals surface area contributed by atoms with Crippen LogP contribution in [0.15, 0.2) is 29.3 Å². The Morgan fingerprint density at radius 3 is 2.91 bits per heavy atom. The molecule has 1 saturated carbocycles. The number of para-hydroxylation sites is 1. The van der Waals surface area contributed by atoms with Crippen LogP contribution < -0.4 is 15.8 Å². The summed E-state index contributed by atoms with van der Waals surface area (Å²) in [6.07, 6.45) is 3.65. The molecule has 3 N–H and O–H groups in total. The van der Waals surface area contributed by atoms with Gasteiger partial charge in [0.2, 0.25) is 0 Å². The Kier molecular flexibility index (Phi) is 5.88. The highest BCUT2D eigenvalue weighted by Crippen LogP contribution is 2.38. The second-order valence-electron chi connectivity index (χ2n) is 5.89. The molecule has 1 atom stereocenters. The summed E-state index contributed by atoms with van der Waals surface area (Å²) in [5.74, 6) is 1.28. The predicted molar refractivity (Wildman–Crippen MR) is 96.6 cm³/mol. The van der Waals surface area contributed by atoms with Gasteiger partial charge in [-0.3, -0.25) is 4.99 Å². The minimum absolute atomic E-state index is 0. The highest BCUT2D eigenvalue weighted by molar-refractivity contribution is 14.0. The number of fused-ring (bicyclic) bond motifs is 1. The van der Waals surface area contributed by atoms with Gasteiger partial charge in [-0.2, -0.15) is 0 Å². The number of alkyl halides is 1. The summed E-state index contributed by atoms with van der Waals surface area (Å²) in [5, 5.41) is 3.22. The molecule has 1 unspecified atom stereocenters. The normalized spacial score (nSPS) is 22.6. The van der Waals surface area contributed by atoms with Crippen LogP contribution in [0.2, 0.25) is 0 Å². The van der Waals surface area contributed by atoms with Crippen molar-refractivity contribution in [3.63, 3.8) is 0 Å². The molecule has 0 bridgehead atoms.